The van der Waals surface area contributed by atoms with Gasteiger partial charge in [0, 0.05) is 12.4 Å². The first-order valence-corrected chi connectivity index (χ1v) is 7.75. The van der Waals surface area contributed by atoms with Crippen molar-refractivity contribution in [1.29, 1.82) is 0 Å². The third kappa shape index (κ3) is 3.63. The summed E-state index contributed by atoms with van der Waals surface area (Å²) in [4.78, 5) is 19.3. The fraction of sp³-hybridized carbons (Fsp3) is 0.214. The van der Waals surface area contributed by atoms with Crippen LogP contribution in [0.25, 0.3) is 0 Å². The molecule has 0 spiro atoms. The van der Waals surface area contributed by atoms with Gasteiger partial charge in [-0.1, -0.05) is 18.2 Å². The van der Waals surface area contributed by atoms with Gasteiger partial charge in [0.05, 0.1) is 12.6 Å². The number of nitrogens with one attached hydrogen (secondary N) is 1. The molecule has 1 aromatic carbocycles. The SMILES string of the molecule is Cc1cccc(C)c1CC(=O)NS(=O)(=O)c1cnccn1. The highest BCUT2D eigenvalue weighted by Gasteiger charge is 2.20. The fourth-order valence-corrected chi connectivity index (χ4v) is 2.83. The third-order valence-electron chi connectivity index (χ3n) is 3.04. The maximum atomic E-state index is 12.0. The Hall–Kier alpha value is -2.28. The highest BCUT2D eigenvalue weighted by Crippen LogP contribution is 2.14. The van der Waals surface area contributed by atoms with Crippen LogP contribution in [0, 0.1) is 13.8 Å². The molecule has 21 heavy (non-hydrogen) atoms. The smallest absolute Gasteiger partial charge is 0.274 e. The number of amides is 1. The van der Waals surface area contributed by atoms with Gasteiger partial charge in [0.1, 0.15) is 0 Å². The van der Waals surface area contributed by atoms with Gasteiger partial charge in [-0.2, -0.15) is 8.42 Å². The van der Waals surface area contributed by atoms with Crippen LogP contribution in [0.1, 0.15) is 16.7 Å². The minimum absolute atomic E-state index is 0.00199. The lowest BCUT2D eigenvalue weighted by atomic mass is 10.0. The van der Waals surface area contributed by atoms with E-state index in [2.05, 4.69) is 9.97 Å². The first-order chi connectivity index (χ1) is 9.90. The molecular weight excluding hydrogens is 290 g/mol. The van der Waals surface area contributed by atoms with Gasteiger partial charge in [-0.25, -0.2) is 9.71 Å². The Labute approximate surface area is 123 Å². The van der Waals surface area contributed by atoms with Crippen molar-refractivity contribution in [2.75, 3.05) is 0 Å². The molecule has 1 aromatic heterocycles. The largest absolute Gasteiger partial charge is 0.283 e. The van der Waals surface area contributed by atoms with Gasteiger partial charge < -0.3 is 0 Å². The predicted octanol–water partition coefficient (Wildman–Crippen LogP) is 1.14. The zero-order valence-corrected chi connectivity index (χ0v) is 12.5. The minimum Gasteiger partial charge on any atom is -0.274 e. The molecule has 7 heteroatoms. The van der Waals surface area contributed by atoms with E-state index >= 15 is 0 Å². The lowest BCUT2D eigenvalue weighted by molar-refractivity contribution is -0.118. The van der Waals surface area contributed by atoms with E-state index in [9.17, 15) is 13.2 Å². The quantitative estimate of drug-likeness (QED) is 0.915. The summed E-state index contributed by atoms with van der Waals surface area (Å²) >= 11 is 0. The van der Waals surface area contributed by atoms with E-state index < -0.39 is 15.9 Å². The van der Waals surface area contributed by atoms with E-state index in [-0.39, 0.29) is 11.4 Å². The maximum Gasteiger partial charge on any atom is 0.283 e. The molecule has 0 radical (unpaired) electrons. The van der Waals surface area contributed by atoms with Gasteiger partial charge >= 0.3 is 0 Å². The van der Waals surface area contributed by atoms with Crippen LogP contribution in [0.5, 0.6) is 0 Å². The summed E-state index contributed by atoms with van der Waals surface area (Å²) in [5.74, 6) is -0.599. The van der Waals surface area contributed by atoms with E-state index in [0.29, 0.717) is 0 Å². The van der Waals surface area contributed by atoms with Crippen molar-refractivity contribution in [3.05, 3.63) is 53.5 Å². The van der Waals surface area contributed by atoms with E-state index in [1.165, 1.54) is 12.4 Å². The van der Waals surface area contributed by atoms with Crippen LogP contribution in [0.15, 0.2) is 41.8 Å². The van der Waals surface area contributed by atoms with Crippen LogP contribution in [0.2, 0.25) is 0 Å². The van der Waals surface area contributed by atoms with Crippen molar-refractivity contribution in [2.45, 2.75) is 25.3 Å². The Morgan fingerprint density at radius 3 is 2.43 bits per heavy atom. The highest BCUT2D eigenvalue weighted by atomic mass is 32.2. The number of sulfonamides is 1. The number of benzene rings is 1. The number of hydrogen-bond donors (Lipinski definition) is 1. The van der Waals surface area contributed by atoms with Gasteiger partial charge in [-0.3, -0.25) is 9.78 Å². The summed E-state index contributed by atoms with van der Waals surface area (Å²) in [6, 6.07) is 5.65. The molecular formula is C14H15N3O3S. The molecule has 0 saturated carbocycles. The predicted molar refractivity (Wildman–Crippen MR) is 77.0 cm³/mol. The van der Waals surface area contributed by atoms with Gasteiger partial charge in [-0.15, -0.1) is 0 Å². The Morgan fingerprint density at radius 1 is 1.19 bits per heavy atom. The van der Waals surface area contributed by atoms with Gasteiger partial charge in [0.2, 0.25) is 5.91 Å². The second kappa shape index (κ2) is 6.01. The Bertz CT molecular complexity index is 738. The topological polar surface area (TPSA) is 89.0 Å². The third-order valence-corrected chi connectivity index (χ3v) is 4.30. The van der Waals surface area contributed by atoms with Crippen LogP contribution in [0.3, 0.4) is 0 Å². The van der Waals surface area contributed by atoms with Gasteiger partial charge in [0.25, 0.3) is 10.0 Å². The van der Waals surface area contributed by atoms with Crippen molar-refractivity contribution in [3.8, 4) is 0 Å². The van der Waals surface area contributed by atoms with E-state index in [4.69, 9.17) is 0 Å². The number of hydrogen-bond acceptors (Lipinski definition) is 5. The van der Waals surface area contributed by atoms with Crippen LogP contribution in [0.4, 0.5) is 0 Å². The van der Waals surface area contributed by atoms with Crippen molar-refractivity contribution in [1.82, 2.24) is 14.7 Å². The monoisotopic (exact) mass is 305 g/mol. The highest BCUT2D eigenvalue weighted by molar-refractivity contribution is 7.90. The Morgan fingerprint density at radius 2 is 1.86 bits per heavy atom. The lowest BCUT2D eigenvalue weighted by Gasteiger charge is -2.10. The summed E-state index contributed by atoms with van der Waals surface area (Å²) in [6.07, 6.45) is 3.70. The molecule has 110 valence electrons. The molecule has 2 rings (SSSR count). The molecule has 0 bridgehead atoms. The summed E-state index contributed by atoms with van der Waals surface area (Å²) in [5.41, 5.74) is 2.72. The average molecular weight is 305 g/mol. The Kier molecular flexibility index (Phi) is 4.32. The number of rotatable bonds is 4. The summed E-state index contributed by atoms with van der Waals surface area (Å²) < 4.78 is 25.9. The maximum absolute atomic E-state index is 12.0. The van der Waals surface area contributed by atoms with E-state index in [0.717, 1.165) is 22.9 Å². The zero-order chi connectivity index (χ0) is 15.5. The lowest BCUT2D eigenvalue weighted by Crippen LogP contribution is -2.32. The van der Waals surface area contributed by atoms with Crippen molar-refractivity contribution >= 4 is 15.9 Å². The average Bonchev–Trinajstić information content (AvgIpc) is 2.43. The van der Waals surface area contributed by atoms with Crippen LogP contribution in [-0.4, -0.2) is 24.3 Å². The van der Waals surface area contributed by atoms with Crippen molar-refractivity contribution < 1.29 is 13.2 Å². The molecule has 2 aromatic rings. The molecule has 1 amide bonds. The molecule has 0 fully saturated rings. The van der Waals surface area contributed by atoms with E-state index in [1.807, 2.05) is 36.8 Å². The summed E-state index contributed by atoms with van der Waals surface area (Å²) in [7, 11) is -3.98. The normalized spacial score (nSPS) is 11.1. The molecule has 6 nitrogen and oxygen atoms in total. The van der Waals surface area contributed by atoms with E-state index in [1.54, 1.807) is 0 Å². The van der Waals surface area contributed by atoms with Crippen molar-refractivity contribution in [2.24, 2.45) is 0 Å². The number of carbonyl (C=O) groups is 1. The molecule has 0 aliphatic carbocycles. The van der Waals surface area contributed by atoms with Crippen molar-refractivity contribution in [3.63, 3.8) is 0 Å². The fourth-order valence-electron chi connectivity index (χ4n) is 1.95. The second-order valence-electron chi connectivity index (χ2n) is 4.62. The van der Waals surface area contributed by atoms with Gasteiger partial charge in [-0.05, 0) is 30.5 Å². The molecule has 0 unspecified atom stereocenters. The number of carbonyl (C=O) groups excluding carboxylic acids is 1. The molecule has 0 aliphatic heterocycles. The zero-order valence-electron chi connectivity index (χ0n) is 11.7. The first kappa shape index (κ1) is 15.1. The number of aryl methyl sites for hydroxylation is 2. The molecule has 0 saturated heterocycles. The molecule has 0 aliphatic rings. The summed E-state index contributed by atoms with van der Waals surface area (Å²) in [6.45, 7) is 3.76. The molecule has 0 atom stereocenters. The number of nitrogens with zero attached hydrogens (tertiary/aromatic N) is 2. The second-order valence-corrected chi connectivity index (χ2v) is 6.25. The number of aromatic nitrogens is 2. The molecule has 1 N–H and O–H groups in total. The first-order valence-electron chi connectivity index (χ1n) is 6.27. The van der Waals surface area contributed by atoms with Crippen LogP contribution in [-0.2, 0) is 21.2 Å². The minimum atomic E-state index is -3.98. The van der Waals surface area contributed by atoms with Gasteiger partial charge in [0.15, 0.2) is 5.03 Å². The standard InChI is InChI=1S/C14H15N3O3S/c1-10-4-3-5-11(2)12(10)8-13(18)17-21(19,20)14-9-15-6-7-16-14/h3-7,9H,8H2,1-2H3,(H,17,18). The van der Waals surface area contributed by atoms with Crippen LogP contribution < -0.4 is 4.72 Å². The summed E-state index contributed by atoms with van der Waals surface area (Å²) in [5, 5.41) is -0.278. The Balaban J connectivity index is 2.16. The van der Waals surface area contributed by atoms with Crippen LogP contribution >= 0.6 is 0 Å². The molecule has 1 heterocycles.